The average Bonchev–Trinajstić information content (AvgIpc) is 3.21. The zero-order valence-electron chi connectivity index (χ0n) is 18.2. The maximum Gasteiger partial charge on any atom is 0.423 e. The van der Waals surface area contributed by atoms with Crippen LogP contribution in [0, 0.1) is 13.8 Å². The average molecular weight is 457 g/mol. The number of aryl methyl sites for hydroxylation is 2. The first kappa shape index (κ1) is 22.9. The van der Waals surface area contributed by atoms with Crippen LogP contribution in [0.4, 0.5) is 0 Å². The predicted molar refractivity (Wildman–Crippen MR) is 120 cm³/mol. The zero-order chi connectivity index (χ0) is 21.3. The molecule has 162 valence electrons. The predicted octanol–water partition coefficient (Wildman–Crippen LogP) is 1.65. The highest BCUT2D eigenvalue weighted by Crippen LogP contribution is 2.36. The smallest absolute Gasteiger partial charge is 0.423 e. The highest BCUT2D eigenvalue weighted by Gasteiger charge is 2.24. The van der Waals surface area contributed by atoms with Crippen molar-refractivity contribution in [2.45, 2.75) is 25.9 Å². The van der Waals surface area contributed by atoms with E-state index in [2.05, 4.69) is 65.9 Å². The van der Waals surface area contributed by atoms with Gasteiger partial charge in [-0.15, -0.1) is 5.10 Å². The van der Waals surface area contributed by atoms with Crippen LogP contribution in [0.5, 0.6) is 11.5 Å². The molecule has 0 saturated carbocycles. The van der Waals surface area contributed by atoms with Crippen molar-refractivity contribution in [1.29, 1.82) is 0 Å². The molecule has 0 aliphatic heterocycles. The molecule has 0 radical (unpaired) electrons. The van der Waals surface area contributed by atoms with Crippen molar-refractivity contribution < 1.29 is 26.4 Å². The SMILES string of the molecule is CCSc1n[nH]c(-[n+]2c(C)cc3cc(OC)c(OC)cc3c2-c2ccc(C)cc2)n1.[Cl-]. The second-order valence-corrected chi connectivity index (χ2v) is 8.24. The molecule has 2 heterocycles. The van der Waals surface area contributed by atoms with E-state index in [9.17, 15) is 0 Å². The number of pyridine rings is 1. The van der Waals surface area contributed by atoms with Crippen LogP contribution in [-0.4, -0.2) is 35.2 Å². The highest BCUT2D eigenvalue weighted by atomic mass is 35.5. The van der Waals surface area contributed by atoms with Gasteiger partial charge in [-0.05, 0) is 48.2 Å². The van der Waals surface area contributed by atoms with Gasteiger partial charge in [0.1, 0.15) is 5.69 Å². The van der Waals surface area contributed by atoms with Crippen molar-refractivity contribution in [3.05, 3.63) is 53.7 Å². The summed E-state index contributed by atoms with van der Waals surface area (Å²) in [6.07, 6.45) is 0. The second-order valence-electron chi connectivity index (χ2n) is 7.00. The third kappa shape index (κ3) is 4.34. The third-order valence-electron chi connectivity index (χ3n) is 5.01. The van der Waals surface area contributed by atoms with Crippen molar-refractivity contribution >= 4 is 22.5 Å². The second kappa shape index (κ2) is 9.58. The Labute approximate surface area is 192 Å². The molecule has 0 aliphatic rings. The number of aromatic nitrogens is 4. The Morgan fingerprint density at radius 1 is 1.00 bits per heavy atom. The molecule has 8 heteroatoms. The number of rotatable bonds is 6. The van der Waals surface area contributed by atoms with E-state index in [0.717, 1.165) is 38.6 Å². The number of hydrogen-bond donors (Lipinski definition) is 1. The van der Waals surface area contributed by atoms with Gasteiger partial charge in [0.15, 0.2) is 11.5 Å². The van der Waals surface area contributed by atoms with Gasteiger partial charge >= 0.3 is 5.95 Å². The summed E-state index contributed by atoms with van der Waals surface area (Å²) in [5.41, 5.74) is 4.36. The molecule has 4 aromatic rings. The summed E-state index contributed by atoms with van der Waals surface area (Å²) >= 11 is 1.61. The van der Waals surface area contributed by atoms with Crippen LogP contribution in [0.15, 0.2) is 47.6 Å². The molecular weight excluding hydrogens is 432 g/mol. The Hall–Kier alpha value is -2.77. The van der Waals surface area contributed by atoms with Crippen molar-refractivity contribution in [2.24, 2.45) is 0 Å². The Bertz CT molecular complexity index is 1210. The van der Waals surface area contributed by atoms with Gasteiger partial charge in [-0.3, -0.25) is 0 Å². The number of halogens is 1. The van der Waals surface area contributed by atoms with E-state index in [0.29, 0.717) is 17.4 Å². The lowest BCUT2D eigenvalue weighted by Gasteiger charge is -2.15. The molecule has 2 aromatic heterocycles. The van der Waals surface area contributed by atoms with Crippen LogP contribution in [0.1, 0.15) is 18.2 Å². The van der Waals surface area contributed by atoms with Crippen LogP contribution < -0.4 is 26.4 Å². The van der Waals surface area contributed by atoms with Gasteiger partial charge in [0, 0.05) is 10.9 Å². The number of aromatic amines is 1. The van der Waals surface area contributed by atoms with Gasteiger partial charge in [0.25, 0.3) is 5.16 Å². The molecule has 6 nitrogen and oxygen atoms in total. The van der Waals surface area contributed by atoms with E-state index in [1.165, 1.54) is 5.56 Å². The molecular formula is C23H25ClN4O2S. The maximum absolute atomic E-state index is 5.59. The molecule has 2 aromatic carbocycles. The number of nitrogens with one attached hydrogen (secondary N) is 1. The first-order valence-corrected chi connectivity index (χ1v) is 10.8. The Morgan fingerprint density at radius 3 is 2.32 bits per heavy atom. The minimum Gasteiger partial charge on any atom is -1.00 e. The number of nitrogens with zero attached hydrogens (tertiary/aromatic N) is 3. The van der Waals surface area contributed by atoms with E-state index in [1.807, 2.05) is 12.1 Å². The van der Waals surface area contributed by atoms with Crippen LogP contribution >= 0.6 is 11.8 Å². The molecule has 0 saturated heterocycles. The fourth-order valence-corrected chi connectivity index (χ4v) is 4.13. The number of methoxy groups -OCH3 is 2. The monoisotopic (exact) mass is 456 g/mol. The third-order valence-corrected chi connectivity index (χ3v) is 5.74. The van der Waals surface area contributed by atoms with Gasteiger partial charge in [-0.25, -0.2) is 0 Å². The lowest BCUT2D eigenvalue weighted by molar-refractivity contribution is -0.597. The Balaban J connectivity index is 0.00000272. The van der Waals surface area contributed by atoms with Crippen LogP contribution in [-0.2, 0) is 0 Å². The molecule has 0 aliphatic carbocycles. The largest absolute Gasteiger partial charge is 1.00 e. The van der Waals surface area contributed by atoms with E-state index >= 15 is 0 Å². The Morgan fingerprint density at radius 2 is 1.68 bits per heavy atom. The summed E-state index contributed by atoms with van der Waals surface area (Å²) in [5.74, 6) is 3.00. The van der Waals surface area contributed by atoms with Gasteiger partial charge in [-0.2, -0.15) is 4.57 Å². The van der Waals surface area contributed by atoms with Crippen molar-refractivity contribution in [3.63, 3.8) is 0 Å². The van der Waals surface area contributed by atoms with Crippen molar-refractivity contribution in [1.82, 2.24) is 15.2 Å². The molecule has 0 unspecified atom stereocenters. The summed E-state index contributed by atoms with van der Waals surface area (Å²) in [5, 5.41) is 10.3. The van der Waals surface area contributed by atoms with E-state index < -0.39 is 0 Å². The highest BCUT2D eigenvalue weighted by molar-refractivity contribution is 7.99. The molecule has 0 amide bonds. The first-order valence-electron chi connectivity index (χ1n) is 9.79. The lowest BCUT2D eigenvalue weighted by atomic mass is 10.0. The minimum atomic E-state index is 0. The van der Waals surface area contributed by atoms with Crippen molar-refractivity contribution in [3.8, 4) is 28.7 Å². The van der Waals surface area contributed by atoms with Gasteiger partial charge in [0.2, 0.25) is 0 Å². The van der Waals surface area contributed by atoms with Crippen LogP contribution in [0.2, 0.25) is 0 Å². The van der Waals surface area contributed by atoms with E-state index in [4.69, 9.17) is 14.5 Å². The van der Waals surface area contributed by atoms with Crippen LogP contribution in [0.3, 0.4) is 0 Å². The van der Waals surface area contributed by atoms with Crippen LogP contribution in [0.25, 0.3) is 28.0 Å². The molecule has 1 N–H and O–H groups in total. The number of thioether (sulfide) groups is 1. The molecule has 0 bridgehead atoms. The molecule has 0 spiro atoms. The van der Waals surface area contributed by atoms with Gasteiger partial charge in [0.05, 0.1) is 19.9 Å². The van der Waals surface area contributed by atoms with Gasteiger partial charge in [-0.1, -0.05) is 53.6 Å². The number of fused-ring (bicyclic) bond motifs is 1. The standard InChI is InChI=1S/C23H25N4O2S.ClH/c1-6-30-23-24-22(25-26-23)27-15(3)11-17-12-19(28-4)20(29-5)13-18(17)21(27)16-9-7-14(2)8-10-16;/h7-13H,6H2,1-5H3,(H,24,25,26);1H/q+1;/p-1. The normalized spacial score (nSPS) is 10.7. The fraction of sp³-hybridized carbons (Fsp3) is 0.261. The quantitative estimate of drug-likeness (QED) is 0.353. The molecule has 4 rings (SSSR count). The molecule has 0 fully saturated rings. The summed E-state index contributed by atoms with van der Waals surface area (Å²) in [4.78, 5) is 4.72. The number of H-pyrrole nitrogens is 1. The van der Waals surface area contributed by atoms with E-state index in [-0.39, 0.29) is 12.4 Å². The first-order chi connectivity index (χ1) is 14.5. The summed E-state index contributed by atoms with van der Waals surface area (Å²) in [6.45, 7) is 6.25. The Kier molecular flexibility index (Phi) is 7.08. The summed E-state index contributed by atoms with van der Waals surface area (Å²) in [7, 11) is 3.31. The minimum absolute atomic E-state index is 0. The summed E-state index contributed by atoms with van der Waals surface area (Å²) in [6, 6.07) is 14.7. The summed E-state index contributed by atoms with van der Waals surface area (Å²) < 4.78 is 13.2. The fourth-order valence-electron chi connectivity index (χ4n) is 3.61. The topological polar surface area (TPSA) is 63.9 Å². The number of hydrogen-bond acceptors (Lipinski definition) is 5. The number of benzene rings is 2. The van der Waals surface area contributed by atoms with E-state index in [1.54, 1.807) is 26.0 Å². The zero-order valence-corrected chi connectivity index (χ0v) is 19.8. The molecule has 0 atom stereocenters. The van der Waals surface area contributed by atoms with Gasteiger partial charge < -0.3 is 21.9 Å². The molecule has 31 heavy (non-hydrogen) atoms. The number of ether oxygens (including phenoxy) is 2. The maximum atomic E-state index is 5.59. The lowest BCUT2D eigenvalue weighted by Crippen LogP contribution is -3.00. The van der Waals surface area contributed by atoms with Crippen molar-refractivity contribution in [2.75, 3.05) is 20.0 Å².